The minimum atomic E-state index is -0.435. The summed E-state index contributed by atoms with van der Waals surface area (Å²) < 4.78 is 7.17. The minimum absolute atomic E-state index is 0.376. The van der Waals surface area contributed by atoms with Gasteiger partial charge in [-0.1, -0.05) is 0 Å². The Morgan fingerprint density at radius 2 is 2.18 bits per heavy atom. The second-order valence-electron chi connectivity index (χ2n) is 4.38. The summed E-state index contributed by atoms with van der Waals surface area (Å²) in [6.45, 7) is 9.15. The lowest BCUT2D eigenvalue weighted by atomic mass is 10.2. The van der Waals surface area contributed by atoms with Crippen LogP contribution in [-0.4, -0.2) is 36.0 Å². The number of rotatable bonds is 7. The van der Waals surface area contributed by atoms with Crippen molar-refractivity contribution in [1.82, 2.24) is 9.88 Å². The van der Waals surface area contributed by atoms with E-state index >= 15 is 0 Å². The van der Waals surface area contributed by atoms with Crippen molar-refractivity contribution in [2.75, 3.05) is 20.3 Å². The zero-order valence-corrected chi connectivity index (χ0v) is 11.3. The Bertz CT molecular complexity index is 347. The number of aryl methyl sites for hydroxylation is 1. The van der Waals surface area contributed by atoms with Crippen LogP contribution in [0.25, 0.3) is 0 Å². The highest BCUT2D eigenvalue weighted by molar-refractivity contribution is 5.26. The molecule has 1 unspecified atom stereocenters. The molecule has 4 nitrogen and oxygen atoms in total. The fourth-order valence-corrected chi connectivity index (χ4v) is 2.16. The molecule has 0 bridgehead atoms. The molecule has 1 heterocycles. The second-order valence-corrected chi connectivity index (χ2v) is 4.38. The molecule has 1 atom stereocenters. The molecule has 0 saturated carbocycles. The lowest BCUT2D eigenvalue weighted by Gasteiger charge is -2.11. The standard InChI is InChI=1S/C13H24N2O2/c1-5-15-10(2)6-12(11(15)3)7-14-8-13(16)9-17-4/h6,13-14,16H,5,7-9H2,1-4H3. The summed E-state index contributed by atoms with van der Waals surface area (Å²) in [5.74, 6) is 0. The molecule has 0 aromatic carbocycles. The number of ether oxygens (including phenoxy) is 1. The van der Waals surface area contributed by atoms with Gasteiger partial charge in [-0.2, -0.15) is 0 Å². The molecule has 98 valence electrons. The fraction of sp³-hybridized carbons (Fsp3) is 0.692. The lowest BCUT2D eigenvalue weighted by Crippen LogP contribution is -2.29. The number of nitrogens with zero attached hydrogens (tertiary/aromatic N) is 1. The van der Waals surface area contributed by atoms with Crippen molar-refractivity contribution < 1.29 is 9.84 Å². The van der Waals surface area contributed by atoms with Gasteiger partial charge in [0.25, 0.3) is 0 Å². The zero-order chi connectivity index (χ0) is 12.8. The van der Waals surface area contributed by atoms with Crippen molar-refractivity contribution in [3.8, 4) is 0 Å². The molecule has 0 aliphatic rings. The van der Waals surface area contributed by atoms with E-state index in [2.05, 4.69) is 36.7 Å². The van der Waals surface area contributed by atoms with Gasteiger partial charge in [-0.15, -0.1) is 0 Å². The van der Waals surface area contributed by atoms with E-state index in [9.17, 15) is 5.11 Å². The van der Waals surface area contributed by atoms with Crippen LogP contribution in [0, 0.1) is 13.8 Å². The van der Waals surface area contributed by atoms with Gasteiger partial charge in [0, 0.05) is 38.1 Å². The van der Waals surface area contributed by atoms with Crippen LogP contribution in [0.3, 0.4) is 0 Å². The molecule has 1 rings (SSSR count). The first-order valence-corrected chi connectivity index (χ1v) is 6.13. The topological polar surface area (TPSA) is 46.4 Å². The van der Waals surface area contributed by atoms with E-state index in [-0.39, 0.29) is 0 Å². The number of hydrogen-bond acceptors (Lipinski definition) is 3. The molecule has 1 aromatic heterocycles. The predicted molar refractivity (Wildman–Crippen MR) is 69.2 cm³/mol. The maximum Gasteiger partial charge on any atom is 0.0897 e. The first kappa shape index (κ1) is 14.2. The molecular weight excluding hydrogens is 216 g/mol. The highest BCUT2D eigenvalue weighted by Crippen LogP contribution is 2.14. The van der Waals surface area contributed by atoms with Crippen LogP contribution >= 0.6 is 0 Å². The van der Waals surface area contributed by atoms with E-state index in [0.717, 1.165) is 13.1 Å². The van der Waals surface area contributed by atoms with E-state index in [4.69, 9.17) is 4.74 Å². The molecular formula is C13H24N2O2. The van der Waals surface area contributed by atoms with Crippen LogP contribution < -0.4 is 5.32 Å². The van der Waals surface area contributed by atoms with Gasteiger partial charge >= 0.3 is 0 Å². The van der Waals surface area contributed by atoms with Crippen molar-refractivity contribution in [2.45, 2.75) is 40.0 Å². The van der Waals surface area contributed by atoms with Gasteiger partial charge in [0.2, 0.25) is 0 Å². The molecule has 0 aliphatic heterocycles. The largest absolute Gasteiger partial charge is 0.389 e. The van der Waals surface area contributed by atoms with Crippen molar-refractivity contribution in [2.24, 2.45) is 0 Å². The quantitative estimate of drug-likeness (QED) is 0.753. The Hall–Kier alpha value is -0.840. The van der Waals surface area contributed by atoms with Crippen molar-refractivity contribution >= 4 is 0 Å². The summed E-state index contributed by atoms with van der Waals surface area (Å²) in [6, 6.07) is 2.20. The van der Waals surface area contributed by atoms with E-state index < -0.39 is 6.10 Å². The maximum atomic E-state index is 9.51. The van der Waals surface area contributed by atoms with Gasteiger partial charge in [0.15, 0.2) is 0 Å². The third-order valence-electron chi connectivity index (χ3n) is 3.05. The molecule has 1 aromatic rings. The average Bonchev–Trinajstić information content (AvgIpc) is 2.54. The molecule has 0 spiro atoms. The van der Waals surface area contributed by atoms with E-state index in [0.29, 0.717) is 13.2 Å². The van der Waals surface area contributed by atoms with Gasteiger partial charge in [-0.25, -0.2) is 0 Å². The zero-order valence-electron chi connectivity index (χ0n) is 11.3. The number of methoxy groups -OCH3 is 1. The summed E-state index contributed by atoms with van der Waals surface area (Å²) in [5.41, 5.74) is 3.90. The van der Waals surface area contributed by atoms with Crippen molar-refractivity contribution in [3.63, 3.8) is 0 Å². The molecule has 2 N–H and O–H groups in total. The highest BCUT2D eigenvalue weighted by Gasteiger charge is 2.08. The monoisotopic (exact) mass is 240 g/mol. The summed E-state index contributed by atoms with van der Waals surface area (Å²) in [7, 11) is 1.60. The Labute approximate surface area is 104 Å². The normalized spacial score (nSPS) is 13.0. The number of nitrogens with one attached hydrogen (secondary N) is 1. The van der Waals surface area contributed by atoms with Crippen LogP contribution in [0.15, 0.2) is 6.07 Å². The molecule has 4 heteroatoms. The van der Waals surface area contributed by atoms with Crippen LogP contribution in [0.4, 0.5) is 0 Å². The maximum absolute atomic E-state index is 9.51. The van der Waals surface area contributed by atoms with Gasteiger partial charge in [0.05, 0.1) is 12.7 Å². The summed E-state index contributed by atoms with van der Waals surface area (Å²) >= 11 is 0. The first-order valence-electron chi connectivity index (χ1n) is 6.13. The van der Waals surface area contributed by atoms with E-state index in [1.807, 2.05) is 0 Å². The fourth-order valence-electron chi connectivity index (χ4n) is 2.16. The number of hydrogen-bond donors (Lipinski definition) is 2. The van der Waals surface area contributed by atoms with E-state index in [1.165, 1.54) is 17.0 Å². The Morgan fingerprint density at radius 1 is 1.47 bits per heavy atom. The van der Waals surface area contributed by atoms with Crippen molar-refractivity contribution in [1.29, 1.82) is 0 Å². The van der Waals surface area contributed by atoms with E-state index in [1.54, 1.807) is 7.11 Å². The van der Waals surface area contributed by atoms with Gasteiger partial charge in [-0.05, 0) is 32.4 Å². The van der Waals surface area contributed by atoms with Gasteiger partial charge < -0.3 is 19.7 Å². The average molecular weight is 240 g/mol. The van der Waals surface area contributed by atoms with Gasteiger partial charge in [-0.3, -0.25) is 0 Å². The summed E-state index contributed by atoms with van der Waals surface area (Å²) in [4.78, 5) is 0. The molecule has 0 saturated heterocycles. The van der Waals surface area contributed by atoms with Crippen LogP contribution in [0.5, 0.6) is 0 Å². The van der Waals surface area contributed by atoms with Crippen LogP contribution in [0.2, 0.25) is 0 Å². The molecule has 0 radical (unpaired) electrons. The SMILES string of the molecule is CCn1c(C)cc(CNCC(O)COC)c1C. The second kappa shape index (κ2) is 6.79. The number of aromatic nitrogens is 1. The lowest BCUT2D eigenvalue weighted by molar-refractivity contribution is 0.0644. The number of aliphatic hydroxyl groups excluding tert-OH is 1. The van der Waals surface area contributed by atoms with Gasteiger partial charge in [0.1, 0.15) is 0 Å². The minimum Gasteiger partial charge on any atom is -0.389 e. The molecule has 0 fully saturated rings. The highest BCUT2D eigenvalue weighted by atomic mass is 16.5. The summed E-state index contributed by atoms with van der Waals surface area (Å²) in [5, 5.41) is 12.8. The van der Waals surface area contributed by atoms with Crippen molar-refractivity contribution in [3.05, 3.63) is 23.0 Å². The predicted octanol–water partition coefficient (Wildman–Crippen LogP) is 1.22. The Morgan fingerprint density at radius 3 is 2.71 bits per heavy atom. The third-order valence-corrected chi connectivity index (χ3v) is 3.05. The molecule has 0 amide bonds. The molecule has 0 aliphatic carbocycles. The Kier molecular flexibility index (Phi) is 5.68. The smallest absolute Gasteiger partial charge is 0.0897 e. The summed E-state index contributed by atoms with van der Waals surface area (Å²) in [6.07, 6.45) is -0.435. The first-order chi connectivity index (χ1) is 8.10. The third kappa shape index (κ3) is 3.84. The Balaban J connectivity index is 2.47. The molecule has 17 heavy (non-hydrogen) atoms. The van der Waals surface area contributed by atoms with Crippen LogP contribution in [0.1, 0.15) is 23.9 Å². The van der Waals surface area contributed by atoms with Crippen LogP contribution in [-0.2, 0) is 17.8 Å². The number of aliphatic hydroxyl groups is 1.